The first-order chi connectivity index (χ1) is 18.7. The third kappa shape index (κ3) is 5.18. The number of hydrogen-bond acceptors (Lipinski definition) is 5. The molecular weight excluding hydrogens is 510 g/mol. The molecule has 2 bridgehead atoms. The van der Waals surface area contributed by atoms with Crippen molar-refractivity contribution in [3.8, 4) is 0 Å². The third-order valence-electron chi connectivity index (χ3n) is 8.51. The van der Waals surface area contributed by atoms with E-state index >= 15 is 0 Å². The molecule has 2 unspecified atom stereocenters. The zero-order valence-corrected chi connectivity index (χ0v) is 24.4. The van der Waals surface area contributed by atoms with E-state index in [1.54, 1.807) is 33.7 Å². The zero-order chi connectivity index (χ0) is 28.3. The first kappa shape index (κ1) is 29.4. The second-order valence-corrected chi connectivity index (χ2v) is 12.7. The van der Waals surface area contributed by atoms with Crippen LogP contribution in [0.25, 0.3) is 0 Å². The summed E-state index contributed by atoms with van der Waals surface area (Å²) in [6, 6.07) is 5.39. The van der Waals surface area contributed by atoms with Gasteiger partial charge in [0.15, 0.2) is 0 Å². The van der Waals surface area contributed by atoms with Gasteiger partial charge in [0.05, 0.1) is 16.6 Å². The largest absolute Gasteiger partial charge is 0.396 e. The molecule has 0 aliphatic carbocycles. The minimum absolute atomic E-state index is 0.00931. The van der Waals surface area contributed by atoms with Crippen LogP contribution in [-0.2, 0) is 14.4 Å². The quantitative estimate of drug-likeness (QED) is 0.294. The van der Waals surface area contributed by atoms with Gasteiger partial charge in [0.2, 0.25) is 11.8 Å². The average molecular weight is 554 g/mol. The fourth-order valence-corrected chi connectivity index (χ4v) is 9.08. The van der Waals surface area contributed by atoms with Gasteiger partial charge in [0.1, 0.15) is 6.04 Å². The number of nitrogens with zero attached hydrogens (tertiary/aromatic N) is 3. The first-order valence-corrected chi connectivity index (χ1v) is 15.1. The molecule has 1 aromatic carbocycles. The van der Waals surface area contributed by atoms with Gasteiger partial charge in [-0.25, -0.2) is 0 Å². The van der Waals surface area contributed by atoms with Crippen molar-refractivity contribution >= 4 is 35.2 Å². The van der Waals surface area contributed by atoms with Crippen LogP contribution in [0.5, 0.6) is 0 Å². The molecule has 8 heteroatoms. The normalized spacial score (nSPS) is 27.0. The van der Waals surface area contributed by atoms with Crippen LogP contribution < -0.4 is 4.90 Å². The third-order valence-corrected chi connectivity index (χ3v) is 10.5. The number of fused-ring (bicyclic) bond motifs is 1. The van der Waals surface area contributed by atoms with Gasteiger partial charge in [0.25, 0.3) is 5.91 Å². The van der Waals surface area contributed by atoms with Crippen LogP contribution in [0.3, 0.4) is 0 Å². The second-order valence-electron chi connectivity index (χ2n) is 11.1. The van der Waals surface area contributed by atoms with Crippen LogP contribution in [0.1, 0.15) is 50.2 Å². The number of anilines is 1. The van der Waals surface area contributed by atoms with Crippen LogP contribution in [0.2, 0.25) is 0 Å². The lowest BCUT2D eigenvalue weighted by atomic mass is 9.70. The second kappa shape index (κ2) is 12.3. The molecule has 1 N–H and O–H groups in total. The van der Waals surface area contributed by atoms with Crippen LogP contribution in [0.15, 0.2) is 43.5 Å². The number of rotatable bonds is 13. The predicted molar refractivity (Wildman–Crippen MR) is 158 cm³/mol. The lowest BCUT2D eigenvalue weighted by Gasteiger charge is -2.38. The van der Waals surface area contributed by atoms with Gasteiger partial charge in [-0.2, -0.15) is 0 Å². The van der Waals surface area contributed by atoms with Crippen LogP contribution in [0.4, 0.5) is 5.69 Å². The molecule has 39 heavy (non-hydrogen) atoms. The summed E-state index contributed by atoms with van der Waals surface area (Å²) in [6.07, 6.45) is 7.00. The molecule has 3 aliphatic heterocycles. The molecule has 3 fully saturated rings. The van der Waals surface area contributed by atoms with Gasteiger partial charge in [-0.1, -0.05) is 31.2 Å². The van der Waals surface area contributed by atoms with E-state index in [2.05, 4.69) is 13.2 Å². The summed E-state index contributed by atoms with van der Waals surface area (Å²) >= 11 is 1.70. The standard InChI is InChI=1S/C31H43N3O4S/c1-6-15-32(16-7-2)28(36)25-24-13-14-31(39-24)26(25)29(37)34(18-9-10-19-35)27(31)30(38)33(17-8-3)23-20-21(4)11-12-22(23)5/h6,8,11-12,20,24-27,35H,1,3,7,9-10,13-19H2,2,4-5H3/t24-,25+,26-,27?,31?/m0/s1. The minimum Gasteiger partial charge on any atom is -0.396 e. The van der Waals surface area contributed by atoms with E-state index in [1.165, 1.54) is 0 Å². The molecule has 0 radical (unpaired) electrons. The molecule has 5 atom stereocenters. The Hall–Kier alpha value is -2.58. The smallest absolute Gasteiger partial charge is 0.251 e. The molecular formula is C31H43N3O4S. The molecule has 212 valence electrons. The van der Waals surface area contributed by atoms with Crippen LogP contribution in [-0.4, -0.2) is 81.5 Å². The maximum Gasteiger partial charge on any atom is 0.251 e. The fourth-order valence-electron chi connectivity index (χ4n) is 6.87. The van der Waals surface area contributed by atoms with Crippen molar-refractivity contribution in [2.45, 2.75) is 68.9 Å². The molecule has 1 spiro atoms. The lowest BCUT2D eigenvalue weighted by molar-refractivity contribution is -0.143. The van der Waals surface area contributed by atoms with Crippen molar-refractivity contribution < 1.29 is 19.5 Å². The number of carbonyl (C=O) groups is 3. The summed E-state index contributed by atoms with van der Waals surface area (Å²) < 4.78 is -0.637. The molecule has 0 saturated carbocycles. The number of benzene rings is 1. The van der Waals surface area contributed by atoms with Crippen molar-refractivity contribution in [1.29, 1.82) is 0 Å². The Kier molecular flexibility index (Phi) is 9.27. The van der Waals surface area contributed by atoms with E-state index in [1.807, 2.05) is 43.9 Å². The highest BCUT2D eigenvalue weighted by Crippen LogP contribution is 2.66. The van der Waals surface area contributed by atoms with Crippen molar-refractivity contribution in [2.24, 2.45) is 11.8 Å². The molecule has 3 saturated heterocycles. The molecule has 0 aromatic heterocycles. The number of aliphatic hydroxyl groups is 1. The van der Waals surface area contributed by atoms with Crippen LogP contribution >= 0.6 is 11.8 Å². The minimum atomic E-state index is -0.666. The fraction of sp³-hybridized carbons (Fsp3) is 0.581. The number of aliphatic hydroxyl groups excluding tert-OH is 1. The van der Waals surface area contributed by atoms with Gasteiger partial charge < -0.3 is 19.8 Å². The zero-order valence-electron chi connectivity index (χ0n) is 23.6. The molecule has 3 heterocycles. The van der Waals surface area contributed by atoms with Gasteiger partial charge in [-0.15, -0.1) is 24.9 Å². The number of thioether (sulfide) groups is 1. The average Bonchev–Trinajstić information content (AvgIpc) is 3.55. The van der Waals surface area contributed by atoms with E-state index in [9.17, 15) is 19.5 Å². The van der Waals surface area contributed by atoms with Crippen molar-refractivity contribution in [3.63, 3.8) is 0 Å². The lowest BCUT2D eigenvalue weighted by Crippen LogP contribution is -2.55. The van der Waals surface area contributed by atoms with Gasteiger partial charge in [-0.05, 0) is 63.1 Å². The molecule has 3 amide bonds. The monoisotopic (exact) mass is 553 g/mol. The topological polar surface area (TPSA) is 81.2 Å². The van der Waals surface area contributed by atoms with Crippen molar-refractivity contribution in [1.82, 2.24) is 9.80 Å². The predicted octanol–water partition coefficient (Wildman–Crippen LogP) is 4.11. The molecule has 7 nitrogen and oxygen atoms in total. The maximum atomic E-state index is 14.6. The van der Waals surface area contributed by atoms with Crippen molar-refractivity contribution in [3.05, 3.63) is 54.6 Å². The maximum absolute atomic E-state index is 14.6. The molecule has 4 rings (SSSR count). The Balaban J connectivity index is 1.77. The Labute approximate surface area is 237 Å². The van der Waals surface area contributed by atoms with E-state index in [-0.39, 0.29) is 29.6 Å². The Morgan fingerprint density at radius 2 is 1.92 bits per heavy atom. The van der Waals surface area contributed by atoms with E-state index in [0.29, 0.717) is 39.0 Å². The Morgan fingerprint density at radius 1 is 1.18 bits per heavy atom. The summed E-state index contributed by atoms with van der Waals surface area (Å²) in [5.41, 5.74) is 2.86. The van der Waals surface area contributed by atoms with E-state index in [0.717, 1.165) is 36.1 Å². The Bertz CT molecular complexity index is 1120. The number of unbranched alkanes of at least 4 members (excludes halogenated alkanes) is 1. The number of likely N-dealkylation sites (tertiary alicyclic amines) is 1. The van der Waals surface area contributed by atoms with Gasteiger partial charge in [-0.3, -0.25) is 14.4 Å². The van der Waals surface area contributed by atoms with Crippen LogP contribution in [0, 0.1) is 25.7 Å². The van der Waals surface area contributed by atoms with E-state index in [4.69, 9.17) is 0 Å². The number of aryl methyl sites for hydroxylation is 2. The highest BCUT2D eigenvalue weighted by Gasteiger charge is 2.74. The molecule has 1 aromatic rings. The number of amides is 3. The summed E-state index contributed by atoms with van der Waals surface area (Å²) in [6.45, 7) is 15.6. The highest BCUT2D eigenvalue weighted by atomic mass is 32.2. The van der Waals surface area contributed by atoms with Gasteiger partial charge in [0, 0.05) is 43.7 Å². The summed E-state index contributed by atoms with van der Waals surface area (Å²) in [5, 5.41) is 9.46. The van der Waals surface area contributed by atoms with Crippen molar-refractivity contribution in [2.75, 3.05) is 37.7 Å². The Morgan fingerprint density at radius 3 is 2.59 bits per heavy atom. The van der Waals surface area contributed by atoms with Gasteiger partial charge >= 0.3 is 0 Å². The first-order valence-electron chi connectivity index (χ1n) is 14.2. The highest BCUT2D eigenvalue weighted by molar-refractivity contribution is 8.02. The summed E-state index contributed by atoms with van der Waals surface area (Å²) in [4.78, 5) is 48.2. The van der Waals surface area contributed by atoms with E-state index < -0.39 is 22.6 Å². The number of carbonyl (C=O) groups excluding carboxylic acids is 3. The SMILES string of the molecule is C=CCN(CCC)C(=O)[C@@H]1[C@@H]2CCC3(S2)C(C(=O)N(CC=C)c2cc(C)ccc2C)N(CCCCO)C(=O)[C@H]13. The molecule has 3 aliphatic rings. The number of hydrogen-bond donors (Lipinski definition) is 1. The summed E-state index contributed by atoms with van der Waals surface area (Å²) in [7, 11) is 0. The summed E-state index contributed by atoms with van der Waals surface area (Å²) in [5.74, 6) is -1.15.